The quantitative estimate of drug-likeness (QED) is 0.601. The van der Waals surface area contributed by atoms with Crippen LogP contribution in [0.4, 0.5) is 11.4 Å². The largest absolute Gasteiger partial charge is 0.384 e. The summed E-state index contributed by atoms with van der Waals surface area (Å²) in [5.74, 6) is 0. The molecule has 1 rings (SSSR count). The molecule has 15 heavy (non-hydrogen) atoms. The van der Waals surface area contributed by atoms with E-state index in [1.807, 2.05) is 6.07 Å². The highest BCUT2D eigenvalue weighted by Gasteiger charge is 2.09. The van der Waals surface area contributed by atoms with Gasteiger partial charge in [-0.05, 0) is 12.5 Å². The average molecular weight is 204 g/mol. The van der Waals surface area contributed by atoms with Crippen LogP contribution in [-0.4, -0.2) is 11.5 Å². The molecule has 0 saturated heterocycles. The van der Waals surface area contributed by atoms with E-state index in [9.17, 15) is 10.1 Å². The molecule has 1 aromatic carbocycles. The van der Waals surface area contributed by atoms with Gasteiger partial charge < -0.3 is 5.32 Å². The van der Waals surface area contributed by atoms with E-state index >= 15 is 0 Å². The lowest BCUT2D eigenvalue weighted by atomic mass is 10.1. The molecule has 0 fully saturated rings. The zero-order chi connectivity index (χ0) is 11.3. The van der Waals surface area contributed by atoms with E-state index in [1.165, 1.54) is 18.2 Å². The molecule has 0 aliphatic rings. The second-order valence-corrected chi connectivity index (χ2v) is 2.88. The molecule has 1 N–H and O–H groups in total. The second kappa shape index (κ2) is 4.96. The van der Waals surface area contributed by atoms with Crippen molar-refractivity contribution in [3.05, 3.63) is 40.8 Å². The number of hydrogen-bond acceptors (Lipinski definition) is 4. The van der Waals surface area contributed by atoms with Gasteiger partial charge in [0.15, 0.2) is 0 Å². The fourth-order valence-corrected chi connectivity index (χ4v) is 1.12. The van der Waals surface area contributed by atoms with Crippen LogP contribution in [0.25, 0.3) is 0 Å². The summed E-state index contributed by atoms with van der Waals surface area (Å²) >= 11 is 0. The highest BCUT2D eigenvalue weighted by molar-refractivity contribution is 5.61. The Bertz CT molecular complexity index is 410. The van der Waals surface area contributed by atoms with Gasteiger partial charge in [0.25, 0.3) is 5.69 Å². The van der Waals surface area contributed by atoms with E-state index in [0.717, 1.165) is 0 Å². The summed E-state index contributed by atoms with van der Waals surface area (Å²) in [6.07, 6.45) is 0.682. The lowest BCUT2D eigenvalue weighted by molar-refractivity contribution is -0.384. The van der Waals surface area contributed by atoms with Crippen LogP contribution in [0.5, 0.6) is 0 Å². The number of anilines is 1. The zero-order valence-electron chi connectivity index (χ0n) is 8.06. The third kappa shape index (κ3) is 2.68. The average Bonchev–Trinajstić information content (AvgIpc) is 2.25. The van der Waals surface area contributed by atoms with Crippen molar-refractivity contribution in [3.63, 3.8) is 0 Å². The third-order valence-electron chi connectivity index (χ3n) is 1.83. The highest BCUT2D eigenvalue weighted by atomic mass is 16.6. The minimum absolute atomic E-state index is 0.0771. The number of hydrogen-bond donors (Lipinski definition) is 1. The molecule has 0 amide bonds. The maximum absolute atomic E-state index is 10.5. The van der Waals surface area contributed by atoms with Crippen molar-refractivity contribution in [2.45, 2.75) is 6.42 Å². The first-order chi connectivity index (χ1) is 7.19. The molecule has 5 nitrogen and oxygen atoms in total. The van der Waals surface area contributed by atoms with Gasteiger partial charge in [-0.3, -0.25) is 10.1 Å². The molecule has 0 bridgehead atoms. The number of benzene rings is 1. The normalized spacial score (nSPS) is 9.33. The molecule has 0 aliphatic carbocycles. The maximum Gasteiger partial charge on any atom is 0.270 e. The first-order valence-corrected chi connectivity index (χ1v) is 4.40. The molecule has 0 saturated carbocycles. The summed E-state index contributed by atoms with van der Waals surface area (Å²) in [7, 11) is 0. The number of nitriles is 1. The Morgan fingerprint density at radius 1 is 1.60 bits per heavy atom. The molecule has 0 atom stereocenters. The Kier molecular flexibility index (Phi) is 3.63. The van der Waals surface area contributed by atoms with Crippen LogP contribution in [0.15, 0.2) is 18.2 Å². The number of nitrogens with zero attached hydrogens (tertiary/aromatic N) is 2. The van der Waals surface area contributed by atoms with Crippen molar-refractivity contribution in [2.75, 3.05) is 11.9 Å². The van der Waals surface area contributed by atoms with Gasteiger partial charge >= 0.3 is 0 Å². The van der Waals surface area contributed by atoms with E-state index in [4.69, 9.17) is 5.26 Å². The monoisotopic (exact) mass is 204 g/mol. The Balaban J connectivity index is 3.00. The lowest BCUT2D eigenvalue weighted by Gasteiger charge is -2.05. The minimum Gasteiger partial charge on any atom is -0.384 e. The fourth-order valence-electron chi connectivity index (χ4n) is 1.12. The molecule has 77 valence electrons. The van der Waals surface area contributed by atoms with Crippen LogP contribution in [0, 0.1) is 28.4 Å². The molecule has 1 aromatic rings. The summed E-state index contributed by atoms with van der Waals surface area (Å²) in [6, 6.07) is 6.07. The molecule has 0 aliphatic heterocycles. The second-order valence-electron chi connectivity index (χ2n) is 2.88. The number of nitro groups is 1. The molecular weight excluding hydrogens is 194 g/mol. The Morgan fingerprint density at radius 3 is 2.87 bits per heavy atom. The molecule has 0 unspecified atom stereocenters. The maximum atomic E-state index is 10.5. The van der Waals surface area contributed by atoms with E-state index in [1.54, 1.807) is 0 Å². The van der Waals surface area contributed by atoms with Gasteiger partial charge in [0.2, 0.25) is 0 Å². The van der Waals surface area contributed by atoms with Crippen molar-refractivity contribution < 1.29 is 4.92 Å². The van der Waals surface area contributed by atoms with Crippen LogP contribution in [0.3, 0.4) is 0 Å². The van der Waals surface area contributed by atoms with Crippen molar-refractivity contribution in [2.24, 2.45) is 0 Å². The van der Waals surface area contributed by atoms with E-state index < -0.39 is 4.92 Å². The predicted octanol–water partition coefficient (Wildman–Crippen LogP) is 2.10. The molecule has 1 radical (unpaired) electrons. The van der Waals surface area contributed by atoms with Gasteiger partial charge in [-0.2, -0.15) is 5.26 Å². The van der Waals surface area contributed by atoms with Crippen molar-refractivity contribution in [3.8, 4) is 6.07 Å². The third-order valence-corrected chi connectivity index (χ3v) is 1.83. The van der Waals surface area contributed by atoms with E-state index in [-0.39, 0.29) is 11.3 Å². The first kappa shape index (κ1) is 11.0. The van der Waals surface area contributed by atoms with Crippen LogP contribution >= 0.6 is 0 Å². The topological polar surface area (TPSA) is 79.0 Å². The molecular formula is C10H10N3O2. The van der Waals surface area contributed by atoms with Crippen LogP contribution in [0.1, 0.15) is 12.0 Å². The lowest BCUT2D eigenvalue weighted by Crippen LogP contribution is -2.02. The predicted molar refractivity (Wildman–Crippen MR) is 56.3 cm³/mol. The SMILES string of the molecule is [CH2]CCNc1ccc([N+](=O)[O-])cc1C#N. The molecule has 0 heterocycles. The highest BCUT2D eigenvalue weighted by Crippen LogP contribution is 2.21. The van der Waals surface area contributed by atoms with Gasteiger partial charge in [0.1, 0.15) is 6.07 Å². The number of nitro benzene ring substituents is 1. The van der Waals surface area contributed by atoms with Crippen LogP contribution in [-0.2, 0) is 0 Å². The molecule has 5 heteroatoms. The summed E-state index contributed by atoms with van der Waals surface area (Å²) in [6.45, 7) is 4.28. The first-order valence-electron chi connectivity index (χ1n) is 4.40. The fraction of sp³-hybridized carbons (Fsp3) is 0.200. The Hall–Kier alpha value is -2.09. The summed E-state index contributed by atoms with van der Waals surface area (Å²) < 4.78 is 0. The minimum atomic E-state index is -0.522. The van der Waals surface area contributed by atoms with Gasteiger partial charge in [0, 0.05) is 18.7 Å². The number of rotatable bonds is 4. The van der Waals surface area contributed by atoms with Gasteiger partial charge in [-0.15, -0.1) is 0 Å². The van der Waals surface area contributed by atoms with Crippen LogP contribution in [0.2, 0.25) is 0 Å². The summed E-state index contributed by atoms with van der Waals surface area (Å²) in [4.78, 5) is 9.94. The number of nitrogens with one attached hydrogen (secondary N) is 1. The summed E-state index contributed by atoms with van der Waals surface area (Å²) in [5, 5.41) is 22.2. The summed E-state index contributed by atoms with van der Waals surface area (Å²) in [5.41, 5.74) is 0.802. The van der Waals surface area contributed by atoms with Crippen molar-refractivity contribution in [1.82, 2.24) is 0 Å². The van der Waals surface area contributed by atoms with Crippen molar-refractivity contribution >= 4 is 11.4 Å². The standard InChI is InChI=1S/C10H10N3O2/c1-2-5-12-10-4-3-9(13(14)15)6-8(10)7-11/h3-4,6,12H,1-2,5H2. The van der Waals surface area contributed by atoms with Gasteiger partial charge in [0.05, 0.1) is 16.2 Å². The molecule has 0 aromatic heterocycles. The smallest absolute Gasteiger partial charge is 0.270 e. The zero-order valence-corrected chi connectivity index (χ0v) is 8.06. The van der Waals surface area contributed by atoms with Crippen LogP contribution < -0.4 is 5.32 Å². The van der Waals surface area contributed by atoms with Gasteiger partial charge in [-0.25, -0.2) is 0 Å². The Morgan fingerprint density at radius 2 is 2.33 bits per heavy atom. The number of non-ortho nitro benzene ring substituents is 1. The van der Waals surface area contributed by atoms with E-state index in [2.05, 4.69) is 12.2 Å². The van der Waals surface area contributed by atoms with E-state index in [0.29, 0.717) is 18.7 Å². The molecule has 0 spiro atoms. The van der Waals surface area contributed by atoms with Gasteiger partial charge in [-0.1, -0.05) is 6.92 Å². The Labute approximate surface area is 87.5 Å². The van der Waals surface area contributed by atoms with Crippen molar-refractivity contribution in [1.29, 1.82) is 5.26 Å².